The van der Waals surface area contributed by atoms with Crippen LogP contribution in [0.2, 0.25) is 10.0 Å². The average molecular weight is 406 g/mol. The lowest BCUT2D eigenvalue weighted by molar-refractivity contribution is 0.102. The number of thiazole rings is 1. The number of benzene rings is 2. The van der Waals surface area contributed by atoms with E-state index in [4.69, 9.17) is 23.2 Å². The zero-order valence-corrected chi connectivity index (χ0v) is 15.9. The molecule has 8 heteroatoms. The van der Waals surface area contributed by atoms with E-state index in [9.17, 15) is 9.59 Å². The Morgan fingerprint density at radius 2 is 1.69 bits per heavy atom. The minimum Gasteiger partial charge on any atom is -0.321 e. The maximum absolute atomic E-state index is 12.4. The number of amides is 2. The van der Waals surface area contributed by atoms with Crippen LogP contribution in [-0.4, -0.2) is 16.8 Å². The number of hydrogen-bond donors (Lipinski definition) is 2. The minimum atomic E-state index is -0.342. The number of rotatable bonds is 4. The molecule has 0 aliphatic heterocycles. The van der Waals surface area contributed by atoms with Gasteiger partial charge in [0.25, 0.3) is 11.8 Å². The van der Waals surface area contributed by atoms with Crippen molar-refractivity contribution in [3.05, 3.63) is 74.7 Å². The third-order valence-corrected chi connectivity index (χ3v) is 4.97. The maximum atomic E-state index is 12.4. The number of anilines is 2. The van der Waals surface area contributed by atoms with Crippen LogP contribution in [0.3, 0.4) is 0 Å². The number of carbonyl (C=O) groups is 2. The van der Waals surface area contributed by atoms with Crippen LogP contribution in [0.15, 0.2) is 48.5 Å². The zero-order chi connectivity index (χ0) is 18.7. The molecule has 0 fully saturated rings. The highest BCUT2D eigenvalue weighted by atomic mass is 35.5. The summed E-state index contributed by atoms with van der Waals surface area (Å²) >= 11 is 12.8. The SMILES string of the molecule is Cc1nc(NC(=O)c2cccc(Cl)c2)sc1C(=O)Nc1ccc(Cl)cc1. The van der Waals surface area contributed by atoms with Crippen molar-refractivity contribution < 1.29 is 9.59 Å². The van der Waals surface area contributed by atoms with Crippen molar-refractivity contribution in [1.82, 2.24) is 4.98 Å². The smallest absolute Gasteiger partial charge is 0.267 e. The quantitative estimate of drug-likeness (QED) is 0.621. The molecule has 2 aromatic carbocycles. The van der Waals surface area contributed by atoms with Crippen LogP contribution in [0.5, 0.6) is 0 Å². The van der Waals surface area contributed by atoms with Crippen molar-refractivity contribution >= 4 is 57.2 Å². The largest absolute Gasteiger partial charge is 0.321 e. The fourth-order valence-corrected chi connectivity index (χ4v) is 3.35. The van der Waals surface area contributed by atoms with Crippen LogP contribution in [0.1, 0.15) is 25.7 Å². The molecule has 3 aromatic rings. The number of nitrogens with zero attached hydrogens (tertiary/aromatic N) is 1. The Balaban J connectivity index is 1.73. The highest BCUT2D eigenvalue weighted by molar-refractivity contribution is 7.17. The van der Waals surface area contributed by atoms with Gasteiger partial charge in [-0.05, 0) is 49.4 Å². The highest BCUT2D eigenvalue weighted by Gasteiger charge is 2.17. The Labute approximate surface area is 164 Å². The molecule has 132 valence electrons. The van der Waals surface area contributed by atoms with Crippen LogP contribution in [0, 0.1) is 6.92 Å². The standard InChI is InChI=1S/C18H13Cl2N3O2S/c1-10-15(17(25)22-14-7-5-12(19)6-8-14)26-18(21-10)23-16(24)11-3-2-4-13(20)9-11/h2-9H,1H3,(H,22,25)(H,21,23,24). The van der Waals surface area contributed by atoms with Gasteiger partial charge in [0.2, 0.25) is 0 Å². The molecule has 2 amide bonds. The maximum Gasteiger partial charge on any atom is 0.267 e. The van der Waals surface area contributed by atoms with Gasteiger partial charge in [-0.1, -0.05) is 40.6 Å². The van der Waals surface area contributed by atoms with Crippen LogP contribution in [-0.2, 0) is 0 Å². The third-order valence-electron chi connectivity index (χ3n) is 3.41. The van der Waals surface area contributed by atoms with Gasteiger partial charge < -0.3 is 5.32 Å². The molecule has 1 heterocycles. The van der Waals surface area contributed by atoms with E-state index in [0.717, 1.165) is 11.3 Å². The summed E-state index contributed by atoms with van der Waals surface area (Å²) in [4.78, 5) is 29.4. The number of halogens is 2. The number of carbonyl (C=O) groups excluding carboxylic acids is 2. The molecule has 0 saturated carbocycles. The Hall–Kier alpha value is -2.41. The molecule has 0 radical (unpaired) electrons. The lowest BCUT2D eigenvalue weighted by Crippen LogP contribution is -2.11. The van der Waals surface area contributed by atoms with Crippen LogP contribution < -0.4 is 10.6 Å². The summed E-state index contributed by atoms with van der Waals surface area (Å²) < 4.78 is 0. The molecule has 0 saturated heterocycles. The second kappa shape index (κ2) is 7.86. The van der Waals surface area contributed by atoms with E-state index in [1.54, 1.807) is 55.5 Å². The molecule has 0 bridgehead atoms. The van der Waals surface area contributed by atoms with Gasteiger partial charge in [-0.2, -0.15) is 0 Å². The second-order valence-corrected chi connectivity index (χ2v) is 7.23. The van der Waals surface area contributed by atoms with Gasteiger partial charge in [-0.25, -0.2) is 4.98 Å². The van der Waals surface area contributed by atoms with Gasteiger partial charge in [0.15, 0.2) is 5.13 Å². The van der Waals surface area contributed by atoms with Crippen molar-refractivity contribution in [1.29, 1.82) is 0 Å². The van der Waals surface area contributed by atoms with Crippen molar-refractivity contribution in [2.45, 2.75) is 6.92 Å². The summed E-state index contributed by atoms with van der Waals surface area (Å²) in [5, 5.41) is 6.86. The highest BCUT2D eigenvalue weighted by Crippen LogP contribution is 2.25. The van der Waals surface area contributed by atoms with E-state index in [-0.39, 0.29) is 11.8 Å². The second-order valence-electron chi connectivity index (χ2n) is 5.36. The molecular formula is C18H13Cl2N3O2S. The lowest BCUT2D eigenvalue weighted by atomic mass is 10.2. The van der Waals surface area contributed by atoms with E-state index < -0.39 is 0 Å². The Morgan fingerprint density at radius 3 is 2.38 bits per heavy atom. The van der Waals surface area contributed by atoms with Crippen LogP contribution in [0.4, 0.5) is 10.8 Å². The molecule has 0 aliphatic carbocycles. The van der Waals surface area contributed by atoms with Crippen molar-refractivity contribution in [3.63, 3.8) is 0 Å². The molecular weight excluding hydrogens is 393 g/mol. The van der Waals surface area contributed by atoms with E-state index in [0.29, 0.717) is 37.0 Å². The Bertz CT molecular complexity index is 971. The first-order valence-electron chi connectivity index (χ1n) is 7.53. The predicted molar refractivity (Wildman–Crippen MR) is 106 cm³/mol. The normalized spacial score (nSPS) is 10.4. The molecule has 5 nitrogen and oxygen atoms in total. The molecule has 0 atom stereocenters. The molecule has 0 spiro atoms. The Kier molecular flexibility index (Phi) is 5.56. The van der Waals surface area contributed by atoms with Gasteiger partial charge in [-0.3, -0.25) is 14.9 Å². The fourth-order valence-electron chi connectivity index (χ4n) is 2.18. The van der Waals surface area contributed by atoms with E-state index in [1.165, 1.54) is 0 Å². The van der Waals surface area contributed by atoms with Crippen molar-refractivity contribution in [2.24, 2.45) is 0 Å². The molecule has 0 aliphatic rings. The number of aryl methyl sites for hydroxylation is 1. The minimum absolute atomic E-state index is 0.300. The average Bonchev–Trinajstić information content (AvgIpc) is 2.97. The molecule has 26 heavy (non-hydrogen) atoms. The van der Waals surface area contributed by atoms with E-state index >= 15 is 0 Å². The molecule has 2 N–H and O–H groups in total. The lowest BCUT2D eigenvalue weighted by Gasteiger charge is -2.03. The fraction of sp³-hybridized carbons (Fsp3) is 0.0556. The van der Waals surface area contributed by atoms with Gasteiger partial charge >= 0.3 is 0 Å². The summed E-state index contributed by atoms with van der Waals surface area (Å²) in [7, 11) is 0. The first-order chi connectivity index (χ1) is 12.4. The van der Waals surface area contributed by atoms with Gasteiger partial charge in [0.1, 0.15) is 4.88 Å². The predicted octanol–water partition coefficient (Wildman–Crippen LogP) is 5.26. The first-order valence-corrected chi connectivity index (χ1v) is 9.11. The van der Waals surface area contributed by atoms with Gasteiger partial charge in [0.05, 0.1) is 5.69 Å². The number of hydrogen-bond acceptors (Lipinski definition) is 4. The van der Waals surface area contributed by atoms with Crippen LogP contribution >= 0.6 is 34.5 Å². The third kappa shape index (κ3) is 4.40. The number of nitrogens with one attached hydrogen (secondary N) is 2. The molecule has 0 unspecified atom stereocenters. The van der Waals surface area contributed by atoms with E-state index in [2.05, 4.69) is 15.6 Å². The topological polar surface area (TPSA) is 71.1 Å². The summed E-state index contributed by atoms with van der Waals surface area (Å²) in [6.45, 7) is 1.71. The summed E-state index contributed by atoms with van der Waals surface area (Å²) in [5.41, 5.74) is 1.57. The monoisotopic (exact) mass is 405 g/mol. The summed E-state index contributed by atoms with van der Waals surface area (Å²) in [6.07, 6.45) is 0. The number of aromatic nitrogens is 1. The summed E-state index contributed by atoms with van der Waals surface area (Å²) in [6, 6.07) is 13.4. The van der Waals surface area contributed by atoms with Gasteiger partial charge in [0, 0.05) is 21.3 Å². The van der Waals surface area contributed by atoms with Crippen molar-refractivity contribution in [2.75, 3.05) is 10.6 Å². The molecule has 1 aromatic heterocycles. The summed E-state index contributed by atoms with van der Waals surface area (Å²) in [5.74, 6) is -0.642. The first kappa shape index (κ1) is 18.4. The van der Waals surface area contributed by atoms with Gasteiger partial charge in [-0.15, -0.1) is 0 Å². The Morgan fingerprint density at radius 1 is 0.962 bits per heavy atom. The molecule has 3 rings (SSSR count). The van der Waals surface area contributed by atoms with Crippen LogP contribution in [0.25, 0.3) is 0 Å². The van der Waals surface area contributed by atoms with E-state index in [1.807, 2.05) is 0 Å². The van der Waals surface area contributed by atoms with Crippen molar-refractivity contribution in [3.8, 4) is 0 Å². The zero-order valence-electron chi connectivity index (χ0n) is 13.5.